The van der Waals surface area contributed by atoms with Gasteiger partial charge in [-0.25, -0.2) is 26.5 Å². The number of likely N-dealkylation sites (tertiary alicyclic amines) is 1. The Bertz CT molecular complexity index is 2380. The average molecular weight is 807 g/mol. The van der Waals surface area contributed by atoms with Crippen molar-refractivity contribution in [2.45, 2.75) is 57.1 Å². The molecule has 0 unspecified atom stereocenters. The molecule has 4 fully saturated rings. The first kappa shape index (κ1) is 39.4. The van der Waals surface area contributed by atoms with Crippen molar-refractivity contribution in [3.05, 3.63) is 41.5 Å². The standard InChI is InChI=1S/C41H48F2N6O7S/c1-5-28-30(42)10-9-26-18-27(50)19-29(32(26)28)35-34(43)36-33(38(44-35)54-3)37(48-16-17-55-23-40(2,51)22-48)46-39(45-36)56-24-41-12-6-8-31(41)47(14-7-13-41)20-25-11-15-49(21-25)57(4,52)53/h1,9-10,18-19,25,31,50-51H,6-8,11-17,20-24H2,2-4H3/t25-,31+,40-,41+/m0/s1. The van der Waals surface area contributed by atoms with Gasteiger partial charge in [-0.3, -0.25) is 4.90 Å². The van der Waals surface area contributed by atoms with Crippen molar-refractivity contribution < 1.29 is 41.6 Å². The van der Waals surface area contributed by atoms with Crippen LogP contribution in [-0.4, -0.2) is 127 Å². The third-order valence-electron chi connectivity index (χ3n) is 12.2. The smallest absolute Gasteiger partial charge is 0.319 e. The molecule has 5 heterocycles. The molecule has 3 aliphatic heterocycles. The second-order valence-electron chi connectivity index (χ2n) is 16.4. The first-order chi connectivity index (χ1) is 27.2. The number of piperidine rings is 1. The SMILES string of the molecule is C#Cc1c(F)ccc2cc(O)cc(-c3nc(OC)c4c(N5CCOC[C@@](C)(O)C5)nc(OC[C@]56CCC[C@H]5N(C[C@@H]5CCN(S(C)(=O)=O)C5)CCC6)nc4c3F)c12. The van der Waals surface area contributed by atoms with E-state index in [0.29, 0.717) is 25.0 Å². The highest BCUT2D eigenvalue weighted by atomic mass is 32.2. The van der Waals surface area contributed by atoms with E-state index in [0.717, 1.165) is 51.6 Å². The number of methoxy groups -OCH3 is 1. The largest absolute Gasteiger partial charge is 0.508 e. The number of phenolic OH excluding ortho intramolecular Hbond substituents is 1. The quantitative estimate of drug-likeness (QED) is 0.226. The van der Waals surface area contributed by atoms with Gasteiger partial charge in [0.1, 0.15) is 39.6 Å². The Hall–Kier alpha value is -4.40. The van der Waals surface area contributed by atoms with E-state index in [-0.39, 0.29) is 100 Å². The van der Waals surface area contributed by atoms with Gasteiger partial charge in [-0.1, -0.05) is 18.4 Å². The molecule has 57 heavy (non-hydrogen) atoms. The zero-order valence-corrected chi connectivity index (χ0v) is 33.2. The number of ether oxygens (including phenoxy) is 3. The monoisotopic (exact) mass is 806 g/mol. The third-order valence-corrected chi connectivity index (χ3v) is 13.5. The van der Waals surface area contributed by atoms with Crippen molar-refractivity contribution in [3.8, 4) is 41.2 Å². The van der Waals surface area contributed by atoms with E-state index in [4.69, 9.17) is 25.6 Å². The van der Waals surface area contributed by atoms with E-state index < -0.39 is 27.3 Å². The summed E-state index contributed by atoms with van der Waals surface area (Å²) < 4.78 is 76.5. The van der Waals surface area contributed by atoms with Crippen LogP contribution in [0.1, 0.15) is 51.0 Å². The molecule has 13 nitrogen and oxygen atoms in total. The number of β-amino-alcohol motifs (C(OH)–C–C–N with tert-alkyl or cyclic N) is 1. The van der Waals surface area contributed by atoms with Gasteiger partial charge in [0.25, 0.3) is 0 Å². The summed E-state index contributed by atoms with van der Waals surface area (Å²) in [6, 6.07) is 5.47. The highest BCUT2D eigenvalue weighted by molar-refractivity contribution is 7.88. The zero-order valence-electron chi connectivity index (χ0n) is 32.4. The lowest BCUT2D eigenvalue weighted by molar-refractivity contribution is -0.0123. The fourth-order valence-electron chi connectivity index (χ4n) is 9.68. The number of phenols is 1. The van der Waals surface area contributed by atoms with Crippen LogP contribution in [0.25, 0.3) is 32.9 Å². The van der Waals surface area contributed by atoms with E-state index in [9.17, 15) is 18.6 Å². The molecule has 4 atom stereocenters. The number of rotatable bonds is 9. The summed E-state index contributed by atoms with van der Waals surface area (Å²) in [7, 11) is -1.86. The molecule has 4 aromatic rings. The molecule has 0 spiro atoms. The zero-order chi connectivity index (χ0) is 40.3. The molecule has 1 aliphatic carbocycles. The number of benzene rings is 2. The van der Waals surface area contributed by atoms with Gasteiger partial charge in [0.15, 0.2) is 5.82 Å². The van der Waals surface area contributed by atoms with Gasteiger partial charge >= 0.3 is 6.01 Å². The summed E-state index contributed by atoms with van der Waals surface area (Å²) >= 11 is 0. The van der Waals surface area contributed by atoms with Gasteiger partial charge in [-0.2, -0.15) is 9.97 Å². The Balaban J connectivity index is 1.21. The molecule has 2 aromatic carbocycles. The Morgan fingerprint density at radius 3 is 2.65 bits per heavy atom. The molecule has 2 aromatic heterocycles. The number of nitrogens with zero attached hydrogens (tertiary/aromatic N) is 6. The Kier molecular flexibility index (Phi) is 10.4. The number of aromatic nitrogens is 3. The number of terminal acetylenes is 1. The van der Waals surface area contributed by atoms with Crippen molar-refractivity contribution in [3.63, 3.8) is 0 Å². The number of sulfonamides is 1. The predicted molar refractivity (Wildman–Crippen MR) is 211 cm³/mol. The first-order valence-corrected chi connectivity index (χ1v) is 21.3. The van der Waals surface area contributed by atoms with Crippen LogP contribution in [0.15, 0.2) is 24.3 Å². The number of halogens is 2. The maximum atomic E-state index is 17.3. The maximum absolute atomic E-state index is 17.3. The van der Waals surface area contributed by atoms with E-state index >= 15 is 8.78 Å². The molecule has 4 aliphatic rings. The van der Waals surface area contributed by atoms with E-state index in [1.807, 2.05) is 0 Å². The highest BCUT2D eigenvalue weighted by Crippen LogP contribution is 2.49. The molecular weight excluding hydrogens is 759 g/mol. The molecular formula is C41H48F2N6O7S. The minimum absolute atomic E-state index is 0.0402. The maximum Gasteiger partial charge on any atom is 0.319 e. The summed E-state index contributed by atoms with van der Waals surface area (Å²) in [6.45, 7) is 5.44. The molecule has 304 valence electrons. The van der Waals surface area contributed by atoms with Gasteiger partial charge < -0.3 is 29.3 Å². The van der Waals surface area contributed by atoms with Crippen LogP contribution in [0, 0.1) is 35.3 Å². The lowest BCUT2D eigenvalue weighted by Gasteiger charge is -2.47. The van der Waals surface area contributed by atoms with Crippen LogP contribution in [0.3, 0.4) is 0 Å². The van der Waals surface area contributed by atoms with E-state index in [2.05, 4.69) is 20.8 Å². The summed E-state index contributed by atoms with van der Waals surface area (Å²) in [5.74, 6) is 1.02. The highest BCUT2D eigenvalue weighted by Gasteiger charge is 2.49. The molecule has 8 rings (SSSR count). The van der Waals surface area contributed by atoms with Gasteiger partial charge in [0.05, 0.1) is 45.3 Å². The third kappa shape index (κ3) is 7.44. The number of aromatic hydroxyl groups is 1. The molecule has 16 heteroatoms. The van der Waals surface area contributed by atoms with Crippen molar-refractivity contribution in [1.29, 1.82) is 0 Å². The van der Waals surface area contributed by atoms with Crippen LogP contribution >= 0.6 is 0 Å². The van der Waals surface area contributed by atoms with Crippen LogP contribution in [-0.2, 0) is 14.8 Å². The number of hydrogen-bond acceptors (Lipinski definition) is 12. The molecule has 0 bridgehead atoms. The van der Waals surface area contributed by atoms with Crippen LogP contribution in [0.2, 0.25) is 0 Å². The molecule has 0 radical (unpaired) electrons. The average Bonchev–Trinajstić information content (AvgIpc) is 3.79. The number of anilines is 1. The minimum Gasteiger partial charge on any atom is -0.508 e. The van der Waals surface area contributed by atoms with Crippen LogP contribution in [0.4, 0.5) is 14.6 Å². The number of hydrogen-bond donors (Lipinski definition) is 2. The Morgan fingerprint density at radius 1 is 1.09 bits per heavy atom. The second-order valence-corrected chi connectivity index (χ2v) is 18.4. The summed E-state index contributed by atoms with van der Waals surface area (Å²) in [5, 5.41) is 22.6. The first-order valence-electron chi connectivity index (χ1n) is 19.4. The fourth-order valence-corrected chi connectivity index (χ4v) is 10.6. The van der Waals surface area contributed by atoms with Gasteiger partial charge in [0, 0.05) is 48.6 Å². The van der Waals surface area contributed by atoms with Crippen molar-refractivity contribution in [2.75, 3.05) is 77.4 Å². The second kappa shape index (κ2) is 15.1. The van der Waals surface area contributed by atoms with Crippen molar-refractivity contribution in [1.82, 2.24) is 24.2 Å². The van der Waals surface area contributed by atoms with Crippen LogP contribution in [0.5, 0.6) is 17.6 Å². The topological polar surface area (TPSA) is 151 Å². The van der Waals surface area contributed by atoms with E-state index in [1.54, 1.807) is 16.1 Å². The predicted octanol–water partition coefficient (Wildman–Crippen LogP) is 4.70. The van der Waals surface area contributed by atoms with Gasteiger partial charge in [-0.15, -0.1) is 6.42 Å². The Labute approximate surface area is 331 Å². The molecule has 2 N–H and O–H groups in total. The number of fused-ring (bicyclic) bond motifs is 3. The lowest BCUT2D eigenvalue weighted by atomic mass is 9.75. The molecule has 0 amide bonds. The van der Waals surface area contributed by atoms with Crippen molar-refractivity contribution >= 4 is 37.5 Å². The molecule has 1 saturated carbocycles. The number of pyridine rings is 1. The van der Waals surface area contributed by atoms with Gasteiger partial charge in [0.2, 0.25) is 15.9 Å². The molecule has 3 saturated heterocycles. The lowest BCUT2D eigenvalue weighted by Crippen LogP contribution is -2.53. The minimum atomic E-state index is -3.24. The summed E-state index contributed by atoms with van der Waals surface area (Å²) in [4.78, 5) is 18.4. The van der Waals surface area contributed by atoms with Crippen molar-refractivity contribution in [2.24, 2.45) is 11.3 Å². The number of aliphatic hydroxyl groups is 1. The summed E-state index contributed by atoms with van der Waals surface area (Å²) in [6.07, 6.45) is 12.6. The van der Waals surface area contributed by atoms with Gasteiger partial charge in [-0.05, 0) is 75.1 Å². The van der Waals surface area contributed by atoms with E-state index in [1.165, 1.54) is 37.6 Å². The Morgan fingerprint density at radius 2 is 1.89 bits per heavy atom. The normalized spacial score (nSPS) is 26.1. The van der Waals surface area contributed by atoms with Crippen LogP contribution < -0.4 is 14.4 Å². The fraction of sp³-hybridized carbons (Fsp3) is 0.537. The summed E-state index contributed by atoms with van der Waals surface area (Å²) in [5.41, 5.74) is -2.03.